The highest BCUT2D eigenvalue weighted by Gasteiger charge is 2.33. The van der Waals surface area contributed by atoms with Crippen LogP contribution in [0.25, 0.3) is 78.6 Å². The second-order valence-corrected chi connectivity index (χ2v) is 23.6. The summed E-state index contributed by atoms with van der Waals surface area (Å²) in [7, 11) is 0. The maximum atomic E-state index is 17.3. The van der Waals surface area contributed by atoms with Crippen LogP contribution in [0, 0.1) is 53.5 Å². The van der Waals surface area contributed by atoms with Crippen LogP contribution >= 0.6 is 0 Å². The third-order valence-corrected chi connectivity index (χ3v) is 17.1. The Morgan fingerprint density at radius 1 is 0.284 bits per heavy atom. The van der Waals surface area contributed by atoms with Crippen molar-refractivity contribution in [1.29, 1.82) is 0 Å². The molecule has 3 N–H and O–H groups in total. The van der Waals surface area contributed by atoms with Gasteiger partial charge in [-0.2, -0.15) is 17.6 Å². The molecule has 512 valence electrons. The van der Waals surface area contributed by atoms with Crippen molar-refractivity contribution in [3.8, 4) is 79.4 Å². The predicted octanol–water partition coefficient (Wildman–Crippen LogP) is 23.2. The molecule has 14 rings (SSSR count). The zero-order chi connectivity index (χ0) is 70.9. The van der Waals surface area contributed by atoms with Crippen LogP contribution in [0.2, 0.25) is 0 Å². The summed E-state index contributed by atoms with van der Waals surface area (Å²) < 4.78 is 171. The lowest BCUT2D eigenvalue weighted by atomic mass is 10.0. The Labute approximate surface area is 580 Å². The smallest absolute Gasteiger partial charge is 0.205 e. The van der Waals surface area contributed by atoms with Gasteiger partial charge in [0.15, 0.2) is 23.3 Å². The summed E-state index contributed by atoms with van der Waals surface area (Å²) in [5.74, 6) is -15.0. The van der Waals surface area contributed by atoms with Crippen molar-refractivity contribution in [1.82, 2.24) is 19.9 Å². The molecule has 0 unspecified atom stereocenters. The Morgan fingerprint density at radius 2 is 0.559 bits per heavy atom. The molecular weight excluding hydrogens is 1320 g/mol. The zero-order valence-corrected chi connectivity index (χ0v) is 55.4. The standard InChI is InChI=1S/C82H62F8N6O6/c1-6-97-54-26-14-48(15-27-54)95(49-16-28-55(29-17-49)98-7-2)52-22-34-58(35-23-52)101-81-77(87)73(83)71(74(84)78(81)88)69-64-40-38-60(91-64)61-39-41-65(92-61)70(67-45-43-63(94-67)68(62-42-44-66(69)93-62)47-12-10-46(5)11-13-47)72-75(85)79(89)82(80(90)76(72)86)102-59-36-24-53(25-37-59)96(50-18-30-56(31-19-50)99-8-3)51-20-32-57(33-21-51)100-9-4/h10-45,91,93-94H,6-9H2,1-5H3. The van der Waals surface area contributed by atoms with Gasteiger partial charge in [0, 0.05) is 78.4 Å². The predicted molar refractivity (Wildman–Crippen MR) is 383 cm³/mol. The van der Waals surface area contributed by atoms with Gasteiger partial charge in [-0.1, -0.05) is 29.8 Å². The Bertz CT molecular complexity index is 5280. The first kappa shape index (κ1) is 66.8. The SMILES string of the molecule is CCOc1ccc(N(c2ccc(OCC)cc2)c2ccc(Oc3c(F)c(F)c(-c4c5nc(c6ccc([nH]6)c(-c6c(F)c(F)c(Oc7ccc(N(c8ccc(OCC)cc8)c8ccc(OCC)cc8)cc7)c(F)c6F)c6ccc([nH]6)c(-c6ccc(C)cc6)c6ccc4[nH]6)C=C5)c(F)c3F)cc2)cc1. The van der Waals surface area contributed by atoms with Crippen LogP contribution in [0.15, 0.2) is 206 Å². The van der Waals surface area contributed by atoms with E-state index < -0.39 is 74.7 Å². The Balaban J connectivity index is 0.851. The van der Waals surface area contributed by atoms with E-state index in [0.29, 0.717) is 71.9 Å². The Morgan fingerprint density at radius 3 is 0.892 bits per heavy atom. The van der Waals surface area contributed by atoms with Gasteiger partial charge in [0.1, 0.15) is 34.5 Å². The van der Waals surface area contributed by atoms with Crippen molar-refractivity contribution in [2.24, 2.45) is 0 Å². The first-order valence-corrected chi connectivity index (χ1v) is 32.8. The van der Waals surface area contributed by atoms with E-state index in [1.165, 1.54) is 60.7 Å². The fourth-order valence-corrected chi connectivity index (χ4v) is 12.4. The van der Waals surface area contributed by atoms with E-state index in [9.17, 15) is 0 Å². The molecule has 4 aromatic heterocycles. The van der Waals surface area contributed by atoms with E-state index >= 15 is 35.1 Å². The fraction of sp³-hybridized carbons (Fsp3) is 0.110. The van der Waals surface area contributed by atoms with E-state index in [2.05, 4.69) is 15.0 Å². The van der Waals surface area contributed by atoms with Gasteiger partial charge in [0.25, 0.3) is 0 Å². The Hall–Kier alpha value is -12.5. The molecule has 12 nitrogen and oxygen atoms in total. The van der Waals surface area contributed by atoms with Crippen molar-refractivity contribution in [3.05, 3.63) is 270 Å². The minimum absolute atomic E-state index is 0.0262. The van der Waals surface area contributed by atoms with Crippen LogP contribution in [0.3, 0.4) is 0 Å². The summed E-state index contributed by atoms with van der Waals surface area (Å²) in [6.45, 7) is 11.2. The molecule has 0 spiro atoms. The van der Waals surface area contributed by atoms with E-state index in [0.717, 1.165) is 28.3 Å². The van der Waals surface area contributed by atoms with Crippen LogP contribution in [-0.4, -0.2) is 46.4 Å². The number of H-pyrrole nitrogens is 3. The molecule has 0 saturated heterocycles. The molecule has 0 saturated carbocycles. The lowest BCUT2D eigenvalue weighted by Gasteiger charge is -2.26. The molecule has 0 fully saturated rings. The summed E-state index contributed by atoms with van der Waals surface area (Å²) in [6.07, 6.45) is 2.80. The first-order valence-electron chi connectivity index (χ1n) is 32.8. The molecule has 102 heavy (non-hydrogen) atoms. The van der Waals surface area contributed by atoms with Crippen molar-refractivity contribution in [3.63, 3.8) is 0 Å². The fourth-order valence-electron chi connectivity index (χ4n) is 12.4. The average molecular weight is 1380 g/mol. The number of aromatic amines is 3. The van der Waals surface area contributed by atoms with Gasteiger partial charge in [0.2, 0.25) is 34.8 Å². The number of halogens is 8. The molecule has 1 aliphatic rings. The Kier molecular flexibility index (Phi) is 18.6. The second kappa shape index (κ2) is 28.4. The summed E-state index contributed by atoms with van der Waals surface area (Å²) in [5.41, 5.74) is 3.27. The lowest BCUT2D eigenvalue weighted by Crippen LogP contribution is -2.10. The number of benzene rings is 9. The van der Waals surface area contributed by atoms with Crippen LogP contribution in [0.5, 0.6) is 46.0 Å². The van der Waals surface area contributed by atoms with E-state index in [1.807, 2.05) is 154 Å². The summed E-state index contributed by atoms with van der Waals surface area (Å²) in [5, 5.41) is 0. The van der Waals surface area contributed by atoms with Gasteiger partial charge in [0.05, 0.1) is 54.5 Å². The molecule has 8 bridgehead atoms. The summed E-state index contributed by atoms with van der Waals surface area (Å²) >= 11 is 0. The summed E-state index contributed by atoms with van der Waals surface area (Å²) in [4.78, 5) is 18.0. The number of fused-ring (bicyclic) bond motifs is 9. The number of nitrogens with one attached hydrogen (secondary N) is 3. The number of hydrogen-bond acceptors (Lipinski definition) is 9. The minimum Gasteiger partial charge on any atom is -0.494 e. The van der Waals surface area contributed by atoms with Crippen LogP contribution < -0.4 is 38.2 Å². The quantitative estimate of drug-likeness (QED) is 0.0477. The molecule has 0 atom stereocenters. The zero-order valence-electron chi connectivity index (χ0n) is 55.4. The third kappa shape index (κ3) is 12.9. The van der Waals surface area contributed by atoms with Crippen LogP contribution in [0.4, 0.5) is 69.2 Å². The van der Waals surface area contributed by atoms with Gasteiger partial charge < -0.3 is 53.2 Å². The number of ether oxygens (including phenoxy) is 6. The molecule has 5 heterocycles. The first-order chi connectivity index (χ1) is 49.6. The van der Waals surface area contributed by atoms with Gasteiger partial charge in [-0.05, 0) is 234 Å². The molecule has 1 aliphatic heterocycles. The van der Waals surface area contributed by atoms with Crippen molar-refractivity contribution in [2.75, 3.05) is 36.2 Å². The van der Waals surface area contributed by atoms with Gasteiger partial charge in [-0.25, -0.2) is 22.5 Å². The highest BCUT2D eigenvalue weighted by atomic mass is 19.2. The topological polar surface area (TPSA) is 122 Å². The normalized spacial score (nSPS) is 11.5. The van der Waals surface area contributed by atoms with Gasteiger partial charge in [-0.3, -0.25) is 0 Å². The average Bonchev–Trinajstić information content (AvgIpc) is 1.43. The van der Waals surface area contributed by atoms with Crippen LogP contribution in [-0.2, 0) is 0 Å². The monoisotopic (exact) mass is 1380 g/mol. The molecule has 0 amide bonds. The number of rotatable bonds is 21. The highest BCUT2D eigenvalue weighted by molar-refractivity contribution is 6.01. The number of hydrogen-bond donors (Lipinski definition) is 3. The van der Waals surface area contributed by atoms with Gasteiger partial charge in [-0.15, -0.1) is 0 Å². The third-order valence-electron chi connectivity index (χ3n) is 17.1. The van der Waals surface area contributed by atoms with Crippen LogP contribution in [0.1, 0.15) is 44.6 Å². The lowest BCUT2D eigenvalue weighted by molar-refractivity contribution is 0.340. The largest absolute Gasteiger partial charge is 0.494 e. The molecule has 0 radical (unpaired) electrons. The molecule has 0 aliphatic carbocycles. The minimum atomic E-state index is -1.85. The number of aryl methyl sites for hydroxylation is 1. The molecular formula is C82H62F8N6O6. The number of anilines is 6. The van der Waals surface area contributed by atoms with Gasteiger partial charge >= 0.3 is 0 Å². The van der Waals surface area contributed by atoms with E-state index in [4.69, 9.17) is 33.4 Å². The number of nitrogens with zero attached hydrogens (tertiary/aromatic N) is 3. The maximum Gasteiger partial charge on any atom is 0.205 e. The molecule has 9 aromatic carbocycles. The maximum absolute atomic E-state index is 17.3. The van der Waals surface area contributed by atoms with Crippen molar-refractivity contribution < 1.29 is 63.5 Å². The van der Waals surface area contributed by atoms with E-state index in [1.54, 1.807) is 48.5 Å². The molecule has 20 heteroatoms. The highest BCUT2D eigenvalue weighted by Crippen LogP contribution is 2.46. The van der Waals surface area contributed by atoms with Crippen molar-refractivity contribution >= 4 is 79.4 Å². The summed E-state index contributed by atoms with van der Waals surface area (Å²) in [6, 6.07) is 57.7. The number of aromatic nitrogens is 4. The van der Waals surface area contributed by atoms with E-state index in [-0.39, 0.29) is 61.6 Å². The van der Waals surface area contributed by atoms with Crippen molar-refractivity contribution in [2.45, 2.75) is 34.6 Å². The second-order valence-electron chi connectivity index (χ2n) is 23.6. The molecule has 13 aromatic rings.